The van der Waals surface area contributed by atoms with E-state index < -0.39 is 6.10 Å². The molecule has 6 nitrogen and oxygen atoms in total. The summed E-state index contributed by atoms with van der Waals surface area (Å²) < 4.78 is 2.04. The third-order valence-electron chi connectivity index (χ3n) is 3.82. The predicted molar refractivity (Wildman–Crippen MR) is 71.4 cm³/mol. The average Bonchev–Trinajstić information content (AvgIpc) is 3.07. The van der Waals surface area contributed by atoms with E-state index in [0.717, 1.165) is 5.69 Å². The minimum Gasteiger partial charge on any atom is -0.388 e. The van der Waals surface area contributed by atoms with E-state index in [1.165, 1.54) is 25.7 Å². The highest BCUT2D eigenvalue weighted by molar-refractivity contribution is 5.38. The fraction of sp³-hybridized carbons (Fsp3) is 0.538. The summed E-state index contributed by atoms with van der Waals surface area (Å²) >= 11 is 0. The number of H-pyrrole nitrogens is 1. The first-order chi connectivity index (χ1) is 9.24. The van der Waals surface area contributed by atoms with E-state index in [4.69, 9.17) is 5.73 Å². The molecule has 1 aliphatic rings. The summed E-state index contributed by atoms with van der Waals surface area (Å²) in [6.07, 6.45) is 8.36. The molecule has 1 fully saturated rings. The first-order valence-electron chi connectivity index (χ1n) is 6.75. The van der Waals surface area contributed by atoms with Crippen molar-refractivity contribution in [1.82, 2.24) is 20.0 Å². The Labute approximate surface area is 111 Å². The number of nitrogens with zero attached hydrogens (tertiary/aromatic N) is 3. The number of anilines is 1. The predicted octanol–water partition coefficient (Wildman–Crippen LogP) is 1.58. The molecular formula is C13H19N5O. The van der Waals surface area contributed by atoms with Crippen LogP contribution in [-0.2, 0) is 6.42 Å². The lowest BCUT2D eigenvalue weighted by Crippen LogP contribution is -2.08. The molecule has 19 heavy (non-hydrogen) atoms. The molecule has 2 aromatic heterocycles. The zero-order chi connectivity index (χ0) is 13.2. The summed E-state index contributed by atoms with van der Waals surface area (Å²) in [6, 6.07) is 2.50. The van der Waals surface area contributed by atoms with Crippen LogP contribution in [0.5, 0.6) is 0 Å². The third kappa shape index (κ3) is 2.49. The van der Waals surface area contributed by atoms with E-state index in [0.29, 0.717) is 23.8 Å². The second kappa shape index (κ2) is 5.05. The van der Waals surface area contributed by atoms with Crippen molar-refractivity contribution < 1.29 is 5.11 Å². The van der Waals surface area contributed by atoms with Crippen LogP contribution in [0.2, 0.25) is 0 Å². The van der Waals surface area contributed by atoms with Gasteiger partial charge in [0.05, 0.1) is 24.0 Å². The molecule has 0 amide bonds. The quantitative estimate of drug-likeness (QED) is 0.779. The second-order valence-electron chi connectivity index (χ2n) is 5.18. The van der Waals surface area contributed by atoms with Crippen molar-refractivity contribution in [3.63, 3.8) is 0 Å². The Bertz CT molecular complexity index is 541. The summed E-state index contributed by atoms with van der Waals surface area (Å²) in [6.45, 7) is 0. The van der Waals surface area contributed by atoms with Gasteiger partial charge in [0.25, 0.3) is 0 Å². The number of nitrogens with two attached hydrogens (primary N) is 1. The van der Waals surface area contributed by atoms with Crippen molar-refractivity contribution in [2.24, 2.45) is 0 Å². The Morgan fingerprint density at radius 2 is 2.26 bits per heavy atom. The maximum atomic E-state index is 10.1. The van der Waals surface area contributed by atoms with Crippen LogP contribution in [0.15, 0.2) is 18.5 Å². The zero-order valence-corrected chi connectivity index (χ0v) is 10.8. The molecule has 1 unspecified atom stereocenters. The van der Waals surface area contributed by atoms with Gasteiger partial charge in [0.2, 0.25) is 0 Å². The molecule has 0 spiro atoms. The molecule has 102 valence electrons. The lowest BCUT2D eigenvalue weighted by atomic mass is 10.1. The van der Waals surface area contributed by atoms with Gasteiger partial charge >= 0.3 is 0 Å². The standard InChI is InChI=1S/C13H19N5O/c14-13-11(8-15-16-13)12(19)7-9-5-6-18(17-9)10-3-1-2-4-10/h5-6,8,10,12,19H,1-4,7H2,(H3,14,15,16). The van der Waals surface area contributed by atoms with Crippen LogP contribution >= 0.6 is 0 Å². The second-order valence-corrected chi connectivity index (χ2v) is 5.18. The van der Waals surface area contributed by atoms with E-state index in [1.54, 1.807) is 6.20 Å². The highest BCUT2D eigenvalue weighted by Gasteiger charge is 2.19. The van der Waals surface area contributed by atoms with E-state index in [-0.39, 0.29) is 0 Å². The normalized spacial score (nSPS) is 17.9. The fourth-order valence-corrected chi connectivity index (χ4v) is 2.74. The Morgan fingerprint density at radius 3 is 2.95 bits per heavy atom. The van der Waals surface area contributed by atoms with Gasteiger partial charge in [-0.3, -0.25) is 9.78 Å². The van der Waals surface area contributed by atoms with Gasteiger partial charge in [-0.15, -0.1) is 0 Å². The Kier molecular flexibility index (Phi) is 3.25. The van der Waals surface area contributed by atoms with Crippen LogP contribution < -0.4 is 5.73 Å². The summed E-state index contributed by atoms with van der Waals surface area (Å²) in [7, 11) is 0. The number of aliphatic hydroxyl groups excluding tert-OH is 1. The fourth-order valence-electron chi connectivity index (χ4n) is 2.74. The van der Waals surface area contributed by atoms with Crippen LogP contribution in [0, 0.1) is 0 Å². The van der Waals surface area contributed by atoms with E-state index >= 15 is 0 Å². The van der Waals surface area contributed by atoms with Crippen molar-refractivity contribution in [3.8, 4) is 0 Å². The maximum absolute atomic E-state index is 10.1. The molecule has 2 aromatic rings. The van der Waals surface area contributed by atoms with Crippen LogP contribution in [0.25, 0.3) is 0 Å². The Balaban J connectivity index is 1.68. The molecule has 1 saturated carbocycles. The van der Waals surface area contributed by atoms with Crippen molar-refractivity contribution >= 4 is 5.82 Å². The number of rotatable bonds is 4. The molecule has 0 radical (unpaired) electrons. The molecule has 4 N–H and O–H groups in total. The summed E-state index contributed by atoms with van der Waals surface area (Å²) in [5, 5.41) is 21.1. The van der Waals surface area contributed by atoms with Crippen LogP contribution in [0.1, 0.15) is 49.1 Å². The first-order valence-corrected chi connectivity index (χ1v) is 6.75. The minimum absolute atomic E-state index is 0.419. The lowest BCUT2D eigenvalue weighted by Gasteiger charge is -2.10. The topological polar surface area (TPSA) is 92.8 Å². The number of nitrogen functional groups attached to an aromatic ring is 1. The summed E-state index contributed by atoms with van der Waals surface area (Å²) in [5.41, 5.74) is 7.22. The van der Waals surface area contributed by atoms with Gasteiger partial charge in [-0.2, -0.15) is 10.2 Å². The Morgan fingerprint density at radius 1 is 1.47 bits per heavy atom. The highest BCUT2D eigenvalue weighted by atomic mass is 16.3. The third-order valence-corrected chi connectivity index (χ3v) is 3.82. The number of hydrogen-bond donors (Lipinski definition) is 3. The molecular weight excluding hydrogens is 242 g/mol. The maximum Gasteiger partial charge on any atom is 0.124 e. The molecule has 0 aromatic carbocycles. The Hall–Kier alpha value is -1.82. The van der Waals surface area contributed by atoms with E-state index in [9.17, 15) is 5.11 Å². The molecule has 1 aliphatic carbocycles. The van der Waals surface area contributed by atoms with Gasteiger partial charge in [-0.25, -0.2) is 0 Å². The van der Waals surface area contributed by atoms with Crippen molar-refractivity contribution in [2.45, 2.75) is 44.2 Å². The molecule has 0 bridgehead atoms. The number of aromatic nitrogens is 4. The minimum atomic E-state index is -0.661. The highest BCUT2D eigenvalue weighted by Crippen LogP contribution is 2.29. The number of aliphatic hydroxyl groups is 1. The van der Waals surface area contributed by atoms with Crippen LogP contribution in [0.3, 0.4) is 0 Å². The van der Waals surface area contributed by atoms with Gasteiger partial charge in [0.15, 0.2) is 0 Å². The van der Waals surface area contributed by atoms with Crippen LogP contribution in [-0.4, -0.2) is 25.1 Å². The van der Waals surface area contributed by atoms with E-state index in [2.05, 4.69) is 15.3 Å². The van der Waals surface area contributed by atoms with Crippen molar-refractivity contribution in [1.29, 1.82) is 0 Å². The van der Waals surface area contributed by atoms with Crippen molar-refractivity contribution in [2.75, 3.05) is 5.73 Å². The summed E-state index contributed by atoms with van der Waals surface area (Å²) in [4.78, 5) is 0. The molecule has 0 saturated heterocycles. The molecule has 0 aliphatic heterocycles. The lowest BCUT2D eigenvalue weighted by molar-refractivity contribution is 0.177. The van der Waals surface area contributed by atoms with Gasteiger partial charge < -0.3 is 10.8 Å². The van der Waals surface area contributed by atoms with Crippen LogP contribution in [0.4, 0.5) is 5.82 Å². The molecule has 3 rings (SSSR count). The molecule has 2 heterocycles. The number of nitrogens with one attached hydrogen (secondary N) is 1. The van der Waals surface area contributed by atoms with Gasteiger partial charge in [0.1, 0.15) is 5.82 Å². The monoisotopic (exact) mass is 261 g/mol. The molecule has 6 heteroatoms. The first kappa shape index (κ1) is 12.2. The van der Waals surface area contributed by atoms with Gasteiger partial charge in [0, 0.05) is 18.2 Å². The number of aromatic amines is 1. The smallest absolute Gasteiger partial charge is 0.124 e. The summed E-state index contributed by atoms with van der Waals surface area (Å²) in [5.74, 6) is 0.419. The van der Waals surface area contributed by atoms with E-state index in [1.807, 2.05) is 16.9 Å². The zero-order valence-electron chi connectivity index (χ0n) is 10.8. The van der Waals surface area contributed by atoms with Gasteiger partial charge in [-0.1, -0.05) is 12.8 Å². The molecule has 1 atom stereocenters. The SMILES string of the molecule is Nc1[nH]ncc1C(O)Cc1ccn(C2CCCC2)n1. The van der Waals surface area contributed by atoms with Gasteiger partial charge in [-0.05, 0) is 18.9 Å². The number of hydrogen-bond acceptors (Lipinski definition) is 4. The van der Waals surface area contributed by atoms with Crippen molar-refractivity contribution in [3.05, 3.63) is 29.7 Å². The average molecular weight is 261 g/mol. The largest absolute Gasteiger partial charge is 0.388 e.